The van der Waals surface area contributed by atoms with E-state index < -0.39 is 0 Å². The third-order valence-electron chi connectivity index (χ3n) is 1.70. The number of rotatable bonds is 7. The summed E-state index contributed by atoms with van der Waals surface area (Å²) in [5.41, 5.74) is 0. The van der Waals surface area contributed by atoms with E-state index in [4.69, 9.17) is 4.74 Å². The lowest BCUT2D eigenvalue weighted by molar-refractivity contribution is 0.136. The Morgan fingerprint density at radius 1 is 1.43 bits per heavy atom. The summed E-state index contributed by atoms with van der Waals surface area (Å²) in [4.78, 5) is 1.35. The number of nitrogens with one attached hydrogen (secondary N) is 1. The van der Waals surface area contributed by atoms with E-state index in [1.807, 2.05) is 0 Å². The molecular weight excluding hydrogens is 262 g/mol. The third-order valence-corrected chi connectivity index (χ3v) is 3.32. The Kier molecular flexibility index (Phi) is 6.43. The molecule has 1 N–H and O–H groups in total. The summed E-state index contributed by atoms with van der Waals surface area (Å²) in [5, 5.41) is 3.34. The molecule has 80 valence electrons. The maximum atomic E-state index is 5.36. The fourth-order valence-electron chi connectivity index (χ4n) is 1.05. The summed E-state index contributed by atoms with van der Waals surface area (Å²) in [7, 11) is 0. The number of ether oxygens (including phenoxy) is 1. The van der Waals surface area contributed by atoms with Gasteiger partial charge in [0.2, 0.25) is 0 Å². The summed E-state index contributed by atoms with van der Waals surface area (Å²) in [6.07, 6.45) is 1.10. The minimum absolute atomic E-state index is 0.806. The fraction of sp³-hybridized carbons (Fsp3) is 0.600. The van der Waals surface area contributed by atoms with Gasteiger partial charge in [0.15, 0.2) is 0 Å². The van der Waals surface area contributed by atoms with Crippen LogP contribution in [0.2, 0.25) is 0 Å². The summed E-state index contributed by atoms with van der Waals surface area (Å²) < 4.78 is 6.55. The fourth-order valence-corrected chi connectivity index (χ4v) is 2.50. The highest BCUT2D eigenvalue weighted by Crippen LogP contribution is 2.21. The highest BCUT2D eigenvalue weighted by atomic mass is 79.9. The average molecular weight is 278 g/mol. The first-order valence-electron chi connectivity index (χ1n) is 4.85. The average Bonchev–Trinajstić information content (AvgIpc) is 2.58. The molecule has 1 aromatic rings. The van der Waals surface area contributed by atoms with Crippen LogP contribution in [0.15, 0.2) is 15.9 Å². The Bertz CT molecular complexity index is 252. The van der Waals surface area contributed by atoms with Crippen LogP contribution in [0.25, 0.3) is 0 Å². The van der Waals surface area contributed by atoms with Crippen molar-refractivity contribution in [3.63, 3.8) is 0 Å². The monoisotopic (exact) mass is 277 g/mol. The molecule has 2 nitrogen and oxygen atoms in total. The molecule has 1 rings (SSSR count). The van der Waals surface area contributed by atoms with Crippen LogP contribution in [0.1, 0.15) is 18.2 Å². The van der Waals surface area contributed by atoms with Crippen LogP contribution in [-0.2, 0) is 11.3 Å². The van der Waals surface area contributed by atoms with Crippen molar-refractivity contribution in [2.75, 3.05) is 19.8 Å². The number of hydrogen-bond acceptors (Lipinski definition) is 3. The van der Waals surface area contributed by atoms with E-state index in [9.17, 15) is 0 Å². The molecule has 14 heavy (non-hydrogen) atoms. The predicted molar refractivity (Wildman–Crippen MR) is 64.8 cm³/mol. The van der Waals surface area contributed by atoms with Gasteiger partial charge in [-0.15, -0.1) is 11.3 Å². The van der Waals surface area contributed by atoms with Gasteiger partial charge in [-0.25, -0.2) is 0 Å². The van der Waals surface area contributed by atoms with Crippen LogP contribution in [-0.4, -0.2) is 19.8 Å². The zero-order valence-electron chi connectivity index (χ0n) is 8.38. The SMILES string of the molecule is CCCOCCNCc1ccc(Br)s1. The molecular formula is C10H16BrNOS. The zero-order valence-corrected chi connectivity index (χ0v) is 10.8. The maximum absolute atomic E-state index is 5.36. The van der Waals surface area contributed by atoms with Gasteiger partial charge < -0.3 is 10.1 Å². The Hall–Kier alpha value is 0.1000. The molecule has 0 saturated heterocycles. The molecule has 4 heteroatoms. The van der Waals surface area contributed by atoms with Gasteiger partial charge in [0.05, 0.1) is 10.4 Å². The Balaban J connectivity index is 1.99. The molecule has 0 aromatic carbocycles. The Morgan fingerprint density at radius 3 is 2.93 bits per heavy atom. The minimum atomic E-state index is 0.806. The lowest BCUT2D eigenvalue weighted by Gasteiger charge is -2.03. The molecule has 0 saturated carbocycles. The molecule has 0 amide bonds. The molecule has 0 aliphatic carbocycles. The molecule has 0 radical (unpaired) electrons. The van der Waals surface area contributed by atoms with Crippen LogP contribution in [0.5, 0.6) is 0 Å². The van der Waals surface area contributed by atoms with E-state index in [1.54, 1.807) is 11.3 Å². The lowest BCUT2D eigenvalue weighted by atomic mass is 10.4. The molecule has 0 unspecified atom stereocenters. The normalized spacial score (nSPS) is 10.7. The molecule has 0 fully saturated rings. The first-order valence-corrected chi connectivity index (χ1v) is 6.46. The summed E-state index contributed by atoms with van der Waals surface area (Å²) in [6, 6.07) is 4.21. The van der Waals surface area contributed by atoms with Gasteiger partial charge in [-0.2, -0.15) is 0 Å². The van der Waals surface area contributed by atoms with Crippen molar-refractivity contribution in [3.05, 3.63) is 20.8 Å². The molecule has 0 spiro atoms. The van der Waals surface area contributed by atoms with Crippen LogP contribution in [0, 0.1) is 0 Å². The van der Waals surface area contributed by atoms with Crippen molar-refractivity contribution in [2.24, 2.45) is 0 Å². The van der Waals surface area contributed by atoms with Crippen molar-refractivity contribution in [2.45, 2.75) is 19.9 Å². The molecule has 1 heterocycles. The first-order chi connectivity index (χ1) is 6.83. The predicted octanol–water partition coefficient (Wildman–Crippen LogP) is 3.03. The second-order valence-corrected chi connectivity index (χ2v) is 5.54. The van der Waals surface area contributed by atoms with E-state index in [2.05, 4.69) is 40.3 Å². The van der Waals surface area contributed by atoms with Crippen molar-refractivity contribution in [1.29, 1.82) is 0 Å². The van der Waals surface area contributed by atoms with E-state index in [1.165, 1.54) is 8.66 Å². The number of thiophene rings is 1. The summed E-state index contributed by atoms with van der Waals surface area (Å²) in [5.74, 6) is 0. The van der Waals surface area contributed by atoms with Gasteiger partial charge in [0.1, 0.15) is 0 Å². The van der Waals surface area contributed by atoms with E-state index in [-0.39, 0.29) is 0 Å². The molecule has 1 aromatic heterocycles. The van der Waals surface area contributed by atoms with Crippen molar-refractivity contribution in [3.8, 4) is 0 Å². The Morgan fingerprint density at radius 2 is 2.29 bits per heavy atom. The van der Waals surface area contributed by atoms with Gasteiger partial charge in [-0.1, -0.05) is 6.92 Å². The summed E-state index contributed by atoms with van der Waals surface area (Å²) in [6.45, 7) is 5.66. The van der Waals surface area contributed by atoms with E-state index in [0.717, 1.165) is 32.7 Å². The maximum Gasteiger partial charge on any atom is 0.0701 e. The first kappa shape index (κ1) is 12.2. The van der Waals surface area contributed by atoms with Crippen molar-refractivity contribution < 1.29 is 4.74 Å². The van der Waals surface area contributed by atoms with E-state index >= 15 is 0 Å². The highest BCUT2D eigenvalue weighted by Gasteiger charge is 1.96. The lowest BCUT2D eigenvalue weighted by Crippen LogP contribution is -2.18. The molecule has 0 aliphatic heterocycles. The van der Waals surface area contributed by atoms with Crippen molar-refractivity contribution >= 4 is 27.3 Å². The van der Waals surface area contributed by atoms with Gasteiger partial charge in [-0.05, 0) is 34.5 Å². The second-order valence-electron chi connectivity index (χ2n) is 2.99. The Labute approximate surface area is 97.8 Å². The topological polar surface area (TPSA) is 21.3 Å². The van der Waals surface area contributed by atoms with Crippen LogP contribution >= 0.6 is 27.3 Å². The molecule has 0 atom stereocenters. The van der Waals surface area contributed by atoms with Crippen LogP contribution in [0.4, 0.5) is 0 Å². The van der Waals surface area contributed by atoms with Crippen molar-refractivity contribution in [1.82, 2.24) is 5.32 Å². The van der Waals surface area contributed by atoms with Crippen LogP contribution < -0.4 is 5.32 Å². The van der Waals surface area contributed by atoms with Gasteiger partial charge >= 0.3 is 0 Å². The van der Waals surface area contributed by atoms with Gasteiger partial charge in [-0.3, -0.25) is 0 Å². The minimum Gasteiger partial charge on any atom is -0.380 e. The van der Waals surface area contributed by atoms with Gasteiger partial charge in [0.25, 0.3) is 0 Å². The third kappa shape index (κ3) is 5.10. The van der Waals surface area contributed by atoms with Gasteiger partial charge in [0, 0.05) is 24.6 Å². The zero-order chi connectivity index (χ0) is 10.2. The number of halogens is 1. The molecule has 0 bridgehead atoms. The second kappa shape index (κ2) is 7.40. The number of hydrogen-bond donors (Lipinski definition) is 1. The standard InChI is InChI=1S/C10H16BrNOS/c1-2-6-13-7-5-12-8-9-3-4-10(11)14-9/h3-4,12H,2,5-8H2,1H3. The summed E-state index contributed by atoms with van der Waals surface area (Å²) >= 11 is 5.21. The highest BCUT2D eigenvalue weighted by molar-refractivity contribution is 9.11. The largest absolute Gasteiger partial charge is 0.380 e. The van der Waals surface area contributed by atoms with E-state index in [0.29, 0.717) is 0 Å². The molecule has 0 aliphatic rings. The quantitative estimate of drug-likeness (QED) is 0.774. The smallest absolute Gasteiger partial charge is 0.0701 e. The van der Waals surface area contributed by atoms with Crippen LogP contribution in [0.3, 0.4) is 0 Å².